The molecule has 0 N–H and O–H groups in total. The normalized spacial score (nSPS) is 10.5. The first-order valence-corrected chi connectivity index (χ1v) is 9.24. The fourth-order valence-corrected chi connectivity index (χ4v) is 4.79. The highest BCUT2D eigenvalue weighted by molar-refractivity contribution is 7.18. The van der Waals surface area contributed by atoms with Crippen molar-refractivity contribution in [2.45, 2.75) is 0 Å². The Bertz CT molecular complexity index is 1710. The van der Waals surface area contributed by atoms with Gasteiger partial charge in [0.2, 0.25) is 0 Å². The molecule has 0 aliphatic carbocycles. The molecule has 0 unspecified atom stereocenters. The van der Waals surface area contributed by atoms with Crippen molar-refractivity contribution < 1.29 is 17.6 Å². The Hall–Kier alpha value is -4.10. The van der Waals surface area contributed by atoms with Crippen molar-refractivity contribution in [3.05, 3.63) is 32.6 Å². The van der Waals surface area contributed by atoms with Gasteiger partial charge in [-0.25, -0.2) is 27.5 Å². The molecule has 0 radical (unpaired) electrons. The summed E-state index contributed by atoms with van der Waals surface area (Å²) in [7, 11) is 0. The van der Waals surface area contributed by atoms with Crippen LogP contribution in [0.3, 0.4) is 0 Å². The smallest absolute Gasteiger partial charge is 0.186 e. The minimum Gasteiger partial charge on any atom is -0.231 e. The third-order valence-electron chi connectivity index (χ3n) is 4.07. The first-order valence-electron chi connectivity index (χ1n) is 7.61. The van der Waals surface area contributed by atoms with Crippen molar-refractivity contribution >= 4 is 65.0 Å². The van der Waals surface area contributed by atoms with Crippen molar-refractivity contribution in [2.75, 3.05) is 0 Å². The van der Waals surface area contributed by atoms with Crippen LogP contribution in [0.2, 0.25) is 0 Å². The van der Waals surface area contributed by atoms with Crippen LogP contribution in [0.4, 0.5) is 17.6 Å². The predicted molar refractivity (Wildman–Crippen MR) is 98.7 cm³/mol. The highest BCUT2D eigenvalue weighted by Gasteiger charge is 2.27. The van der Waals surface area contributed by atoms with Crippen LogP contribution >= 0.6 is 22.7 Å². The minimum atomic E-state index is -1.72. The molecule has 2 heterocycles. The maximum Gasteiger partial charge on any atom is 0.186 e. The van der Waals surface area contributed by atoms with Crippen molar-refractivity contribution in [3.8, 4) is 24.3 Å². The molecule has 6 nitrogen and oxygen atoms in total. The van der Waals surface area contributed by atoms with Crippen LogP contribution in [0, 0.1) is 68.6 Å². The van der Waals surface area contributed by atoms with E-state index in [2.05, 4.69) is 9.97 Å². The Balaban J connectivity index is 2.37. The van der Waals surface area contributed by atoms with Crippen molar-refractivity contribution in [2.24, 2.45) is 0 Å². The molecule has 0 aliphatic heterocycles. The number of halogens is 4. The summed E-state index contributed by atoms with van der Waals surface area (Å²) < 4.78 is 58.4. The van der Waals surface area contributed by atoms with Gasteiger partial charge in [-0.1, -0.05) is 0 Å². The second-order valence-electron chi connectivity index (χ2n) is 5.60. The topological polar surface area (TPSA) is 121 Å². The Morgan fingerprint density at radius 1 is 0.600 bits per heavy atom. The summed E-state index contributed by atoms with van der Waals surface area (Å²) in [4.78, 5) is 7.41. The highest BCUT2D eigenvalue weighted by Crippen LogP contribution is 2.39. The van der Waals surface area contributed by atoms with E-state index in [0.717, 1.165) is 0 Å². The first kappa shape index (κ1) is 19.2. The molecule has 2 aromatic heterocycles. The van der Waals surface area contributed by atoms with Crippen molar-refractivity contribution in [3.63, 3.8) is 0 Å². The molecule has 4 aromatic rings. The SMILES string of the molecule is N#CC(C#N)=c1nc2c(F)c3c(F)c(F)c4nc(=C(C#N)C#N)sc4c3c(F)c2s1. The third kappa shape index (κ3) is 2.42. The molecule has 0 atom stereocenters. The molecule has 30 heavy (non-hydrogen) atoms. The summed E-state index contributed by atoms with van der Waals surface area (Å²) in [5, 5.41) is 34.2. The summed E-state index contributed by atoms with van der Waals surface area (Å²) in [6, 6.07) is 6.17. The number of aromatic nitrogens is 2. The van der Waals surface area contributed by atoms with Gasteiger partial charge in [0.1, 0.15) is 44.6 Å². The van der Waals surface area contributed by atoms with E-state index in [-0.39, 0.29) is 14.0 Å². The van der Waals surface area contributed by atoms with Gasteiger partial charge in [-0.15, -0.1) is 22.7 Å². The van der Waals surface area contributed by atoms with Gasteiger partial charge in [0.25, 0.3) is 0 Å². The average Bonchev–Trinajstić information content (AvgIpc) is 3.37. The second-order valence-corrected chi connectivity index (χ2v) is 7.59. The quantitative estimate of drug-likeness (QED) is 0.388. The Morgan fingerprint density at radius 3 is 1.57 bits per heavy atom. The summed E-state index contributed by atoms with van der Waals surface area (Å²) in [5.74, 6) is -5.83. The predicted octanol–water partition coefficient (Wildman–Crippen LogP) is 3.01. The van der Waals surface area contributed by atoms with Crippen LogP contribution in [0.25, 0.3) is 42.4 Å². The molecule has 0 saturated heterocycles. The Kier molecular flexibility index (Phi) is 4.33. The molecule has 0 spiro atoms. The molecular weight excluding hydrogens is 440 g/mol. The molecule has 142 valence electrons. The Morgan fingerprint density at radius 2 is 1.07 bits per heavy atom. The second kappa shape index (κ2) is 6.75. The zero-order valence-electron chi connectivity index (χ0n) is 14.0. The number of thiazole rings is 2. The van der Waals surface area contributed by atoms with Gasteiger partial charge in [0.05, 0.1) is 14.8 Å². The van der Waals surface area contributed by atoms with Crippen molar-refractivity contribution in [1.29, 1.82) is 21.0 Å². The van der Waals surface area contributed by atoms with Crippen LogP contribution in [-0.4, -0.2) is 9.97 Å². The fraction of sp³-hybridized carbons (Fsp3) is 0. The number of nitriles is 4. The lowest BCUT2D eigenvalue weighted by Gasteiger charge is -2.06. The van der Waals surface area contributed by atoms with Gasteiger partial charge in [-0.3, -0.25) is 0 Å². The molecule has 0 amide bonds. The standard InChI is InChI=1S/C18F4N6S2/c19-9-7-8(15-14(12(9)22)28-17(29-15)5(1-23)2-24)11(21)16-13(10(7)20)27-18(30-16)6(3-25)4-26. The summed E-state index contributed by atoms with van der Waals surface area (Å²) in [6.07, 6.45) is 0. The summed E-state index contributed by atoms with van der Waals surface area (Å²) in [5.41, 5.74) is -2.33. The van der Waals surface area contributed by atoms with E-state index in [1.807, 2.05) is 0 Å². The number of hydrogen-bond donors (Lipinski definition) is 0. The van der Waals surface area contributed by atoms with E-state index in [1.165, 1.54) is 0 Å². The van der Waals surface area contributed by atoms with E-state index >= 15 is 8.78 Å². The van der Waals surface area contributed by atoms with Crippen molar-refractivity contribution in [1.82, 2.24) is 9.97 Å². The van der Waals surface area contributed by atoms with Gasteiger partial charge in [0, 0.05) is 5.39 Å². The molecule has 0 aliphatic rings. The minimum absolute atomic E-state index is 0.282. The average molecular weight is 440 g/mol. The number of nitrogens with zero attached hydrogens (tertiary/aromatic N) is 6. The van der Waals surface area contributed by atoms with E-state index in [9.17, 15) is 8.78 Å². The molecule has 0 bridgehead atoms. The zero-order chi connectivity index (χ0) is 21.7. The first-order chi connectivity index (χ1) is 14.4. The number of rotatable bonds is 0. The van der Waals surface area contributed by atoms with E-state index < -0.39 is 60.9 Å². The largest absolute Gasteiger partial charge is 0.231 e. The van der Waals surface area contributed by atoms with Gasteiger partial charge in [-0.05, 0) is 0 Å². The number of fused-ring (bicyclic) bond motifs is 4. The molecular formula is C18F4N6S2. The van der Waals surface area contributed by atoms with Crippen LogP contribution in [0.5, 0.6) is 0 Å². The molecule has 2 aromatic carbocycles. The lowest BCUT2D eigenvalue weighted by molar-refractivity contribution is 0.518. The number of benzene rings is 2. The highest BCUT2D eigenvalue weighted by atomic mass is 32.1. The molecule has 0 fully saturated rings. The summed E-state index contributed by atoms with van der Waals surface area (Å²) in [6.45, 7) is 0. The molecule has 0 saturated carbocycles. The fourth-order valence-electron chi connectivity index (χ4n) is 2.80. The van der Waals surface area contributed by atoms with Crippen LogP contribution in [0.1, 0.15) is 0 Å². The van der Waals surface area contributed by atoms with Crippen LogP contribution in [-0.2, 0) is 0 Å². The van der Waals surface area contributed by atoms with Gasteiger partial charge in [0.15, 0.2) is 34.4 Å². The van der Waals surface area contributed by atoms with Gasteiger partial charge < -0.3 is 0 Å². The Labute approximate surface area is 170 Å². The maximum absolute atomic E-state index is 15.3. The van der Waals surface area contributed by atoms with Crippen LogP contribution in [0.15, 0.2) is 0 Å². The summed E-state index contributed by atoms with van der Waals surface area (Å²) >= 11 is 1.03. The van der Waals surface area contributed by atoms with Gasteiger partial charge >= 0.3 is 0 Å². The lowest BCUT2D eigenvalue weighted by atomic mass is 10.1. The monoisotopic (exact) mass is 440 g/mol. The van der Waals surface area contributed by atoms with E-state index in [0.29, 0.717) is 22.7 Å². The zero-order valence-corrected chi connectivity index (χ0v) is 15.6. The lowest BCUT2D eigenvalue weighted by Crippen LogP contribution is -2.02. The van der Waals surface area contributed by atoms with Crippen LogP contribution < -0.4 is 9.33 Å². The van der Waals surface area contributed by atoms with E-state index in [4.69, 9.17) is 21.0 Å². The molecule has 12 heteroatoms. The molecule has 4 rings (SSSR count). The van der Waals surface area contributed by atoms with Gasteiger partial charge in [-0.2, -0.15) is 21.0 Å². The van der Waals surface area contributed by atoms with E-state index in [1.54, 1.807) is 24.3 Å². The third-order valence-corrected chi connectivity index (χ3v) is 6.23. The maximum atomic E-state index is 15.3. The number of hydrogen-bond acceptors (Lipinski definition) is 8.